The van der Waals surface area contributed by atoms with E-state index in [1.54, 1.807) is 17.0 Å². The number of hydrogen-bond donors (Lipinski definition) is 2. The number of nitrogens with one attached hydrogen (secondary N) is 2. The van der Waals surface area contributed by atoms with Crippen LogP contribution in [0.4, 0.5) is 0 Å². The third-order valence-corrected chi connectivity index (χ3v) is 3.58. The Morgan fingerprint density at radius 1 is 1.32 bits per heavy atom. The van der Waals surface area contributed by atoms with Crippen LogP contribution < -0.4 is 10.7 Å². The van der Waals surface area contributed by atoms with Crippen molar-refractivity contribution in [3.8, 4) is 0 Å². The molecule has 0 saturated heterocycles. The van der Waals surface area contributed by atoms with Crippen LogP contribution in [0.1, 0.15) is 31.5 Å². The van der Waals surface area contributed by atoms with Crippen LogP contribution in [0.5, 0.6) is 0 Å². The summed E-state index contributed by atoms with van der Waals surface area (Å²) in [4.78, 5) is 0. The van der Waals surface area contributed by atoms with Gasteiger partial charge in [-0.1, -0.05) is 49.4 Å². The highest BCUT2D eigenvalue weighted by Gasteiger charge is 1.98. The van der Waals surface area contributed by atoms with Crippen LogP contribution in [-0.4, -0.2) is 32.9 Å². The predicted octanol–water partition coefficient (Wildman–Crippen LogP) is 2.84. The molecule has 25 heavy (non-hydrogen) atoms. The normalized spacial score (nSPS) is 11.5. The molecule has 0 atom stereocenters. The van der Waals surface area contributed by atoms with Crippen molar-refractivity contribution in [3.05, 3.63) is 53.9 Å². The zero-order valence-corrected chi connectivity index (χ0v) is 15.4. The molecule has 2 rings (SSSR count). The van der Waals surface area contributed by atoms with Crippen molar-refractivity contribution in [2.45, 2.75) is 26.8 Å². The van der Waals surface area contributed by atoms with Gasteiger partial charge < -0.3 is 5.32 Å². The monoisotopic (exact) mass is 356 g/mol. The van der Waals surface area contributed by atoms with Crippen LogP contribution in [0.3, 0.4) is 0 Å². The smallest absolute Gasteiger partial charge is 0.186 e. The van der Waals surface area contributed by atoms with Crippen LogP contribution in [0.2, 0.25) is 0 Å². The highest BCUT2D eigenvalue weighted by Crippen LogP contribution is 2.02. The van der Waals surface area contributed by atoms with Crippen molar-refractivity contribution < 1.29 is 0 Å². The standard InChI is InChI=1S/C18H24N6S/c1-15(2)10-12-19-18(25)22-20-11-6-9-17-14-24(23-21-17)13-16-7-4-3-5-8-16/h3-9,11,14-15H,10,12-13H2,1-2H3,(H2,19,22,25)/b9-6+,20-11-. The molecular weight excluding hydrogens is 332 g/mol. The van der Waals surface area contributed by atoms with E-state index >= 15 is 0 Å². The fraction of sp³-hybridized carbons (Fsp3) is 0.333. The summed E-state index contributed by atoms with van der Waals surface area (Å²) in [5, 5.41) is 15.9. The van der Waals surface area contributed by atoms with Gasteiger partial charge in [-0.3, -0.25) is 5.43 Å². The van der Waals surface area contributed by atoms with Crippen molar-refractivity contribution >= 4 is 29.6 Å². The minimum absolute atomic E-state index is 0.527. The molecule has 132 valence electrons. The van der Waals surface area contributed by atoms with Gasteiger partial charge in [0.2, 0.25) is 0 Å². The third kappa shape index (κ3) is 7.71. The van der Waals surface area contributed by atoms with E-state index < -0.39 is 0 Å². The molecule has 1 heterocycles. The fourth-order valence-electron chi connectivity index (χ4n) is 2.03. The Hall–Kier alpha value is -2.54. The Bertz CT molecular complexity index is 705. The van der Waals surface area contributed by atoms with Gasteiger partial charge in [-0.15, -0.1) is 5.10 Å². The molecule has 0 saturated carbocycles. The second-order valence-corrected chi connectivity index (χ2v) is 6.42. The van der Waals surface area contributed by atoms with E-state index in [9.17, 15) is 0 Å². The first-order valence-corrected chi connectivity index (χ1v) is 8.72. The molecule has 1 aromatic heterocycles. The average Bonchev–Trinajstić information content (AvgIpc) is 3.02. The van der Waals surface area contributed by atoms with E-state index in [0.29, 0.717) is 17.6 Å². The Morgan fingerprint density at radius 3 is 2.88 bits per heavy atom. The Labute approximate surface area is 154 Å². The molecule has 6 nitrogen and oxygen atoms in total. The SMILES string of the molecule is CC(C)CCNC(=S)N/N=C\C=C\c1cn(Cc2ccccc2)nn1. The quantitative estimate of drug-likeness (QED) is 0.432. The number of benzene rings is 1. The first-order chi connectivity index (χ1) is 12.1. The minimum Gasteiger partial charge on any atom is -0.361 e. The molecule has 0 amide bonds. The summed E-state index contributed by atoms with van der Waals surface area (Å²) in [6, 6.07) is 10.1. The summed E-state index contributed by atoms with van der Waals surface area (Å²) < 4.78 is 1.80. The lowest BCUT2D eigenvalue weighted by Crippen LogP contribution is -2.33. The van der Waals surface area contributed by atoms with Crippen molar-refractivity contribution in [3.63, 3.8) is 0 Å². The summed E-state index contributed by atoms with van der Waals surface area (Å²) in [7, 11) is 0. The second-order valence-electron chi connectivity index (χ2n) is 6.01. The highest BCUT2D eigenvalue weighted by atomic mass is 32.1. The fourth-order valence-corrected chi connectivity index (χ4v) is 2.19. The van der Waals surface area contributed by atoms with Gasteiger partial charge in [0.25, 0.3) is 0 Å². The Balaban J connectivity index is 1.72. The summed E-state index contributed by atoms with van der Waals surface area (Å²) in [6.45, 7) is 5.90. The lowest BCUT2D eigenvalue weighted by atomic mass is 10.1. The van der Waals surface area contributed by atoms with Crippen molar-refractivity contribution in [2.75, 3.05) is 6.54 Å². The molecule has 0 radical (unpaired) electrons. The number of hydrogen-bond acceptors (Lipinski definition) is 4. The lowest BCUT2D eigenvalue weighted by molar-refractivity contribution is 0.576. The molecule has 0 bridgehead atoms. The van der Waals surface area contributed by atoms with Gasteiger partial charge in [-0.25, -0.2) is 4.68 Å². The maximum Gasteiger partial charge on any atom is 0.186 e. The molecule has 0 aliphatic heterocycles. The zero-order valence-electron chi connectivity index (χ0n) is 14.6. The van der Waals surface area contributed by atoms with Gasteiger partial charge in [0.15, 0.2) is 5.11 Å². The van der Waals surface area contributed by atoms with E-state index in [4.69, 9.17) is 12.2 Å². The number of nitrogens with zero attached hydrogens (tertiary/aromatic N) is 4. The first-order valence-electron chi connectivity index (χ1n) is 8.31. The van der Waals surface area contributed by atoms with Crippen LogP contribution in [0.25, 0.3) is 6.08 Å². The van der Waals surface area contributed by atoms with Gasteiger partial charge >= 0.3 is 0 Å². The van der Waals surface area contributed by atoms with E-state index in [2.05, 4.69) is 52.1 Å². The summed E-state index contributed by atoms with van der Waals surface area (Å²) in [5.41, 5.74) is 4.74. The minimum atomic E-state index is 0.527. The van der Waals surface area contributed by atoms with Crippen LogP contribution in [-0.2, 0) is 6.54 Å². The summed E-state index contributed by atoms with van der Waals surface area (Å²) >= 11 is 5.13. The number of allylic oxidation sites excluding steroid dienone is 1. The maximum absolute atomic E-state index is 5.13. The third-order valence-electron chi connectivity index (χ3n) is 3.34. The molecule has 0 spiro atoms. The summed E-state index contributed by atoms with van der Waals surface area (Å²) in [6.07, 6.45) is 8.23. The van der Waals surface area contributed by atoms with Crippen LogP contribution in [0, 0.1) is 5.92 Å². The highest BCUT2D eigenvalue weighted by molar-refractivity contribution is 7.80. The second kappa shape index (κ2) is 10.4. The maximum atomic E-state index is 5.13. The number of hydrazone groups is 1. The van der Waals surface area contributed by atoms with Crippen molar-refractivity contribution in [1.29, 1.82) is 0 Å². The number of aromatic nitrogens is 3. The molecular formula is C18H24N6S. The Kier molecular flexibility index (Phi) is 7.78. The van der Waals surface area contributed by atoms with Gasteiger partial charge in [-0.2, -0.15) is 5.10 Å². The van der Waals surface area contributed by atoms with Crippen LogP contribution in [0.15, 0.2) is 47.7 Å². The van der Waals surface area contributed by atoms with E-state index in [1.807, 2.05) is 30.5 Å². The predicted molar refractivity (Wildman–Crippen MR) is 106 cm³/mol. The van der Waals surface area contributed by atoms with Crippen LogP contribution >= 0.6 is 12.2 Å². The van der Waals surface area contributed by atoms with Crippen molar-refractivity contribution in [1.82, 2.24) is 25.7 Å². The number of thiocarbonyl (C=S) groups is 1. The molecule has 2 N–H and O–H groups in total. The lowest BCUT2D eigenvalue weighted by Gasteiger charge is -2.07. The van der Waals surface area contributed by atoms with E-state index in [0.717, 1.165) is 18.7 Å². The number of rotatable bonds is 8. The molecule has 2 aromatic rings. The largest absolute Gasteiger partial charge is 0.361 e. The molecule has 0 fully saturated rings. The zero-order chi connectivity index (χ0) is 17.9. The van der Waals surface area contributed by atoms with E-state index in [1.165, 1.54) is 5.56 Å². The molecule has 7 heteroatoms. The van der Waals surface area contributed by atoms with Gasteiger partial charge in [0.05, 0.1) is 12.7 Å². The van der Waals surface area contributed by atoms with Gasteiger partial charge in [0.1, 0.15) is 5.69 Å². The Morgan fingerprint density at radius 2 is 2.12 bits per heavy atom. The van der Waals surface area contributed by atoms with Gasteiger partial charge in [-0.05, 0) is 42.3 Å². The first kappa shape index (κ1) is 18.8. The average molecular weight is 356 g/mol. The molecule has 0 aliphatic carbocycles. The van der Waals surface area contributed by atoms with E-state index in [-0.39, 0.29) is 0 Å². The van der Waals surface area contributed by atoms with Crippen molar-refractivity contribution in [2.24, 2.45) is 11.0 Å². The summed E-state index contributed by atoms with van der Waals surface area (Å²) in [5.74, 6) is 0.650. The topological polar surface area (TPSA) is 67.1 Å². The molecule has 0 unspecified atom stereocenters. The van der Waals surface area contributed by atoms with Gasteiger partial charge in [0, 0.05) is 12.8 Å². The molecule has 1 aromatic carbocycles. The molecule has 0 aliphatic rings.